The molecule has 0 aliphatic carbocycles. The zero-order valence-corrected chi connectivity index (χ0v) is 14.9. The molecule has 0 aromatic heterocycles. The van der Waals surface area contributed by atoms with Crippen LogP contribution >= 0.6 is 0 Å². The molecular weight excluding hydrogens is 314 g/mol. The molecular formula is C20H25N3O2. The van der Waals surface area contributed by atoms with Crippen LogP contribution in [-0.4, -0.2) is 24.9 Å². The van der Waals surface area contributed by atoms with E-state index in [9.17, 15) is 9.59 Å². The summed E-state index contributed by atoms with van der Waals surface area (Å²) >= 11 is 0. The normalized spacial score (nSPS) is 11.6. The van der Waals surface area contributed by atoms with Gasteiger partial charge in [-0.1, -0.05) is 42.5 Å². The van der Waals surface area contributed by atoms with Gasteiger partial charge < -0.3 is 16.0 Å². The number of aryl methyl sites for hydroxylation is 2. The Morgan fingerprint density at radius 2 is 1.72 bits per heavy atom. The van der Waals surface area contributed by atoms with Crippen molar-refractivity contribution in [2.45, 2.75) is 26.8 Å². The molecule has 0 fully saturated rings. The van der Waals surface area contributed by atoms with E-state index in [0.717, 1.165) is 22.4 Å². The third-order valence-electron chi connectivity index (χ3n) is 3.89. The molecule has 0 saturated carbocycles. The standard InChI is InChI=1S/C20H25N3O2/c1-14-9-10-15(2)18(13-14)23-20(25)19(17-7-5-4-6-8-17)22-12-11-21-16(3)24/h4-10,13,19,22H,11-12H2,1-3H3,(H,21,24)(H,23,25)/t19-/m0/s1. The van der Waals surface area contributed by atoms with Crippen LogP contribution in [0.15, 0.2) is 48.5 Å². The van der Waals surface area contributed by atoms with Gasteiger partial charge in [0.2, 0.25) is 11.8 Å². The lowest BCUT2D eigenvalue weighted by molar-refractivity contribution is -0.119. The number of carbonyl (C=O) groups excluding carboxylic acids is 2. The molecule has 0 spiro atoms. The van der Waals surface area contributed by atoms with E-state index in [1.165, 1.54) is 6.92 Å². The smallest absolute Gasteiger partial charge is 0.246 e. The van der Waals surface area contributed by atoms with Crippen LogP contribution in [0.1, 0.15) is 29.7 Å². The molecule has 0 saturated heterocycles. The van der Waals surface area contributed by atoms with Crippen molar-refractivity contribution in [2.24, 2.45) is 0 Å². The van der Waals surface area contributed by atoms with Gasteiger partial charge >= 0.3 is 0 Å². The van der Waals surface area contributed by atoms with Gasteiger partial charge in [-0.15, -0.1) is 0 Å². The maximum atomic E-state index is 12.8. The quantitative estimate of drug-likeness (QED) is 0.679. The molecule has 3 N–H and O–H groups in total. The maximum Gasteiger partial charge on any atom is 0.246 e. The van der Waals surface area contributed by atoms with Crippen LogP contribution in [-0.2, 0) is 9.59 Å². The van der Waals surface area contributed by atoms with E-state index in [0.29, 0.717) is 13.1 Å². The van der Waals surface area contributed by atoms with Crippen molar-refractivity contribution >= 4 is 17.5 Å². The molecule has 0 radical (unpaired) electrons. The fourth-order valence-corrected chi connectivity index (χ4v) is 2.54. The predicted octanol–water partition coefficient (Wildman–Crippen LogP) is 2.71. The molecule has 0 unspecified atom stereocenters. The number of carbonyl (C=O) groups is 2. The Balaban J connectivity index is 2.12. The van der Waals surface area contributed by atoms with Crippen molar-refractivity contribution in [3.05, 3.63) is 65.2 Å². The van der Waals surface area contributed by atoms with E-state index >= 15 is 0 Å². The summed E-state index contributed by atoms with van der Waals surface area (Å²) in [6.07, 6.45) is 0. The second-order valence-electron chi connectivity index (χ2n) is 6.09. The van der Waals surface area contributed by atoms with Gasteiger partial charge in [0, 0.05) is 25.7 Å². The van der Waals surface area contributed by atoms with Crippen molar-refractivity contribution in [1.82, 2.24) is 10.6 Å². The molecule has 2 rings (SSSR count). The highest BCUT2D eigenvalue weighted by Gasteiger charge is 2.20. The first-order valence-electron chi connectivity index (χ1n) is 8.38. The molecule has 2 aromatic carbocycles. The minimum Gasteiger partial charge on any atom is -0.355 e. The zero-order valence-electron chi connectivity index (χ0n) is 14.9. The van der Waals surface area contributed by atoms with E-state index < -0.39 is 6.04 Å². The minimum atomic E-state index is -0.491. The predicted molar refractivity (Wildman–Crippen MR) is 100 cm³/mol. The molecule has 25 heavy (non-hydrogen) atoms. The van der Waals surface area contributed by atoms with Gasteiger partial charge in [-0.05, 0) is 36.6 Å². The summed E-state index contributed by atoms with van der Waals surface area (Å²) in [5, 5.41) is 8.95. The number of benzene rings is 2. The molecule has 0 aliphatic rings. The Morgan fingerprint density at radius 1 is 1.00 bits per heavy atom. The lowest BCUT2D eigenvalue weighted by Crippen LogP contribution is -2.38. The van der Waals surface area contributed by atoms with E-state index in [4.69, 9.17) is 0 Å². The lowest BCUT2D eigenvalue weighted by atomic mass is 10.1. The molecule has 1 atom stereocenters. The van der Waals surface area contributed by atoms with Crippen molar-refractivity contribution < 1.29 is 9.59 Å². The highest BCUT2D eigenvalue weighted by atomic mass is 16.2. The molecule has 0 heterocycles. The summed E-state index contributed by atoms with van der Waals surface area (Å²) in [6, 6.07) is 15.0. The van der Waals surface area contributed by atoms with Crippen molar-refractivity contribution in [3.8, 4) is 0 Å². The average molecular weight is 339 g/mol. The third-order valence-corrected chi connectivity index (χ3v) is 3.89. The SMILES string of the molecule is CC(=O)NCCN[C@H](C(=O)Nc1cc(C)ccc1C)c1ccccc1. The van der Waals surface area contributed by atoms with Crippen LogP contribution in [0.2, 0.25) is 0 Å². The summed E-state index contributed by atoms with van der Waals surface area (Å²) in [5.41, 5.74) is 3.81. The molecule has 5 nitrogen and oxygen atoms in total. The fourth-order valence-electron chi connectivity index (χ4n) is 2.54. The molecule has 132 valence electrons. The van der Waals surface area contributed by atoms with Crippen LogP contribution < -0.4 is 16.0 Å². The first kappa shape index (κ1) is 18.7. The average Bonchev–Trinajstić information content (AvgIpc) is 2.58. The Labute approximate surface area is 148 Å². The first-order valence-corrected chi connectivity index (χ1v) is 8.38. The van der Waals surface area contributed by atoms with E-state index in [2.05, 4.69) is 16.0 Å². The second-order valence-corrected chi connectivity index (χ2v) is 6.09. The molecule has 2 aromatic rings. The number of anilines is 1. The van der Waals surface area contributed by atoms with Crippen LogP contribution in [0, 0.1) is 13.8 Å². The number of amides is 2. The number of nitrogens with one attached hydrogen (secondary N) is 3. The maximum absolute atomic E-state index is 12.8. The van der Waals surface area contributed by atoms with Crippen LogP contribution in [0.25, 0.3) is 0 Å². The van der Waals surface area contributed by atoms with E-state index in [-0.39, 0.29) is 11.8 Å². The summed E-state index contributed by atoms with van der Waals surface area (Å²) in [4.78, 5) is 23.8. The van der Waals surface area contributed by atoms with E-state index in [1.54, 1.807) is 0 Å². The van der Waals surface area contributed by atoms with Gasteiger partial charge in [0.1, 0.15) is 6.04 Å². The third kappa shape index (κ3) is 5.72. The van der Waals surface area contributed by atoms with Crippen LogP contribution in [0.4, 0.5) is 5.69 Å². The summed E-state index contributed by atoms with van der Waals surface area (Å²) < 4.78 is 0. The number of rotatable bonds is 7. The Hall–Kier alpha value is -2.66. The monoisotopic (exact) mass is 339 g/mol. The van der Waals surface area contributed by atoms with Gasteiger partial charge in [0.05, 0.1) is 0 Å². The Kier molecular flexibility index (Phi) is 6.71. The topological polar surface area (TPSA) is 70.2 Å². The highest BCUT2D eigenvalue weighted by molar-refractivity contribution is 5.96. The van der Waals surface area contributed by atoms with Gasteiger partial charge in [-0.3, -0.25) is 9.59 Å². The van der Waals surface area contributed by atoms with Crippen molar-refractivity contribution in [3.63, 3.8) is 0 Å². The van der Waals surface area contributed by atoms with Crippen molar-refractivity contribution in [1.29, 1.82) is 0 Å². The summed E-state index contributed by atoms with van der Waals surface area (Å²) in [7, 11) is 0. The van der Waals surface area contributed by atoms with Gasteiger partial charge in [0.15, 0.2) is 0 Å². The van der Waals surface area contributed by atoms with Gasteiger partial charge in [0.25, 0.3) is 0 Å². The molecule has 0 bridgehead atoms. The fraction of sp³-hybridized carbons (Fsp3) is 0.300. The molecule has 5 heteroatoms. The highest BCUT2D eigenvalue weighted by Crippen LogP contribution is 2.20. The summed E-state index contributed by atoms with van der Waals surface area (Å²) in [6.45, 7) is 6.41. The zero-order chi connectivity index (χ0) is 18.2. The molecule has 0 aliphatic heterocycles. The number of hydrogen-bond acceptors (Lipinski definition) is 3. The lowest BCUT2D eigenvalue weighted by Gasteiger charge is -2.20. The minimum absolute atomic E-state index is 0.0853. The van der Waals surface area contributed by atoms with E-state index in [1.807, 2.05) is 62.4 Å². The van der Waals surface area contributed by atoms with Crippen LogP contribution in [0.3, 0.4) is 0 Å². The van der Waals surface area contributed by atoms with Gasteiger partial charge in [-0.2, -0.15) is 0 Å². The second kappa shape index (κ2) is 8.99. The molecule has 2 amide bonds. The van der Waals surface area contributed by atoms with Gasteiger partial charge in [-0.25, -0.2) is 0 Å². The Bertz CT molecular complexity index is 729. The largest absolute Gasteiger partial charge is 0.355 e. The Morgan fingerprint density at radius 3 is 2.40 bits per heavy atom. The van der Waals surface area contributed by atoms with Crippen LogP contribution in [0.5, 0.6) is 0 Å². The summed E-state index contributed by atoms with van der Waals surface area (Å²) in [5.74, 6) is -0.208. The van der Waals surface area contributed by atoms with Crippen molar-refractivity contribution in [2.75, 3.05) is 18.4 Å². The first-order chi connectivity index (χ1) is 12.0. The number of hydrogen-bond donors (Lipinski definition) is 3.